The summed E-state index contributed by atoms with van der Waals surface area (Å²) in [7, 11) is 0. The molecule has 0 bridgehead atoms. The number of rotatable bonds is 6. The summed E-state index contributed by atoms with van der Waals surface area (Å²) >= 11 is 0.430. The third-order valence-corrected chi connectivity index (χ3v) is 4.33. The van der Waals surface area contributed by atoms with Crippen LogP contribution >= 0.6 is 11.8 Å². The average molecular weight is 387 g/mol. The molecule has 1 N–H and O–H groups in total. The zero-order valence-electron chi connectivity index (χ0n) is 14.0. The predicted octanol–water partition coefficient (Wildman–Crippen LogP) is 3.86. The van der Waals surface area contributed by atoms with Gasteiger partial charge in [-0.2, -0.15) is 13.9 Å². The van der Waals surface area contributed by atoms with Crippen LogP contribution in [0.3, 0.4) is 0 Å². The Balaban J connectivity index is 1.73. The number of benzene rings is 2. The van der Waals surface area contributed by atoms with Gasteiger partial charge in [0.05, 0.1) is 6.54 Å². The van der Waals surface area contributed by atoms with E-state index in [1.165, 1.54) is 41.1 Å². The van der Waals surface area contributed by atoms with E-state index in [0.717, 1.165) is 5.56 Å². The van der Waals surface area contributed by atoms with Crippen molar-refractivity contribution in [2.24, 2.45) is 0 Å². The fourth-order valence-electron chi connectivity index (χ4n) is 2.35. The van der Waals surface area contributed by atoms with Crippen molar-refractivity contribution in [3.05, 3.63) is 88.3 Å². The average Bonchev–Trinajstić information content (AvgIpc) is 2.65. The van der Waals surface area contributed by atoms with Crippen molar-refractivity contribution in [1.29, 1.82) is 0 Å². The second kappa shape index (κ2) is 8.59. The zero-order chi connectivity index (χ0) is 19.2. The number of amides is 1. The van der Waals surface area contributed by atoms with E-state index >= 15 is 0 Å². The molecule has 0 atom stereocenters. The molecule has 138 valence electrons. The number of alkyl halides is 2. The minimum Gasteiger partial charge on any atom is -0.321 e. The highest BCUT2D eigenvalue weighted by atomic mass is 32.2. The van der Waals surface area contributed by atoms with Crippen molar-refractivity contribution in [3.8, 4) is 0 Å². The van der Waals surface area contributed by atoms with Gasteiger partial charge in [0.25, 0.3) is 17.2 Å². The molecule has 0 spiro atoms. The van der Waals surface area contributed by atoms with Crippen LogP contribution in [0.4, 0.5) is 14.5 Å². The third-order valence-electron chi connectivity index (χ3n) is 3.61. The monoisotopic (exact) mass is 387 g/mol. The first kappa shape index (κ1) is 18.8. The summed E-state index contributed by atoms with van der Waals surface area (Å²) in [6, 6.07) is 18.0. The van der Waals surface area contributed by atoms with Crippen LogP contribution in [0.25, 0.3) is 0 Å². The van der Waals surface area contributed by atoms with Gasteiger partial charge < -0.3 is 5.32 Å². The van der Waals surface area contributed by atoms with Crippen LogP contribution < -0.4 is 10.9 Å². The highest BCUT2D eigenvalue weighted by Gasteiger charge is 2.11. The summed E-state index contributed by atoms with van der Waals surface area (Å²) in [6.45, 7) is 0.250. The zero-order valence-corrected chi connectivity index (χ0v) is 14.8. The van der Waals surface area contributed by atoms with Gasteiger partial charge >= 0.3 is 0 Å². The van der Waals surface area contributed by atoms with Gasteiger partial charge in [0, 0.05) is 16.6 Å². The lowest BCUT2D eigenvalue weighted by atomic mass is 10.2. The first-order valence-corrected chi connectivity index (χ1v) is 8.87. The molecule has 0 fully saturated rings. The molecular weight excluding hydrogens is 372 g/mol. The molecule has 0 unspecified atom stereocenters. The molecule has 1 aromatic heterocycles. The number of carbonyl (C=O) groups is 1. The van der Waals surface area contributed by atoms with Crippen LogP contribution in [0.1, 0.15) is 16.1 Å². The van der Waals surface area contributed by atoms with Crippen molar-refractivity contribution >= 4 is 23.4 Å². The molecule has 27 heavy (non-hydrogen) atoms. The van der Waals surface area contributed by atoms with Crippen molar-refractivity contribution < 1.29 is 13.6 Å². The summed E-state index contributed by atoms with van der Waals surface area (Å²) in [4.78, 5) is 24.8. The minimum absolute atomic E-state index is 0.0802. The Bertz CT molecular complexity index is 976. The van der Waals surface area contributed by atoms with Crippen molar-refractivity contribution in [2.75, 3.05) is 5.32 Å². The fourth-order valence-corrected chi connectivity index (χ4v) is 2.85. The molecule has 0 aliphatic rings. The lowest BCUT2D eigenvalue weighted by Crippen LogP contribution is -2.26. The summed E-state index contributed by atoms with van der Waals surface area (Å²) in [6.07, 6.45) is 0. The van der Waals surface area contributed by atoms with Gasteiger partial charge in [-0.1, -0.05) is 42.1 Å². The maximum atomic E-state index is 12.4. The van der Waals surface area contributed by atoms with Crippen LogP contribution in [0.15, 0.2) is 76.4 Å². The third kappa shape index (κ3) is 5.24. The maximum absolute atomic E-state index is 12.4. The predicted molar refractivity (Wildman–Crippen MR) is 100 cm³/mol. The molecule has 0 aliphatic carbocycles. The summed E-state index contributed by atoms with van der Waals surface area (Å²) in [5.41, 5.74) is 1.10. The number of thioether (sulfide) groups is 1. The summed E-state index contributed by atoms with van der Waals surface area (Å²) in [5, 5.41) is 6.75. The molecule has 1 amide bonds. The first-order valence-electron chi connectivity index (χ1n) is 7.99. The minimum atomic E-state index is -2.50. The molecule has 1 heterocycles. The quantitative estimate of drug-likeness (QED) is 0.653. The Morgan fingerprint density at radius 2 is 1.74 bits per heavy atom. The molecule has 2 aromatic carbocycles. The van der Waals surface area contributed by atoms with E-state index in [9.17, 15) is 18.4 Å². The Kier molecular flexibility index (Phi) is 5.97. The Hall–Kier alpha value is -3.00. The van der Waals surface area contributed by atoms with E-state index in [1.807, 2.05) is 30.3 Å². The smallest absolute Gasteiger partial charge is 0.288 e. The Morgan fingerprint density at radius 3 is 2.41 bits per heavy atom. The SMILES string of the molecule is O=C(Nc1ccc(SC(F)F)cc1)c1ccc(=O)n(Cc2ccccc2)n1. The van der Waals surface area contributed by atoms with Gasteiger partial charge in [-0.15, -0.1) is 0 Å². The molecule has 3 rings (SSSR count). The highest BCUT2D eigenvalue weighted by Crippen LogP contribution is 2.26. The fraction of sp³-hybridized carbons (Fsp3) is 0.105. The van der Waals surface area contributed by atoms with Gasteiger partial charge in [-0.05, 0) is 35.9 Å². The van der Waals surface area contributed by atoms with E-state index in [-0.39, 0.29) is 17.8 Å². The normalized spacial score (nSPS) is 10.8. The standard InChI is InChI=1S/C19H15F2N3O2S/c20-19(21)27-15-8-6-14(7-9-15)22-18(26)16-10-11-17(25)24(23-16)12-13-4-2-1-3-5-13/h1-11,19H,12H2,(H,22,26). The number of nitrogens with one attached hydrogen (secondary N) is 1. The lowest BCUT2D eigenvalue weighted by Gasteiger charge is -2.08. The highest BCUT2D eigenvalue weighted by molar-refractivity contribution is 7.99. The second-order valence-electron chi connectivity index (χ2n) is 5.56. The molecular formula is C19H15F2N3O2S. The number of aromatic nitrogens is 2. The van der Waals surface area contributed by atoms with Gasteiger partial charge in [0.15, 0.2) is 0 Å². The van der Waals surface area contributed by atoms with E-state index in [2.05, 4.69) is 10.4 Å². The molecule has 5 nitrogen and oxygen atoms in total. The Morgan fingerprint density at radius 1 is 1.04 bits per heavy atom. The van der Waals surface area contributed by atoms with E-state index in [4.69, 9.17) is 0 Å². The van der Waals surface area contributed by atoms with Gasteiger partial charge in [-0.25, -0.2) is 4.68 Å². The molecule has 0 radical (unpaired) electrons. The van der Waals surface area contributed by atoms with Crippen LogP contribution in [-0.4, -0.2) is 21.4 Å². The number of hydrogen-bond acceptors (Lipinski definition) is 4. The summed E-state index contributed by atoms with van der Waals surface area (Å²) in [5.74, 6) is -2.99. The number of halogens is 2. The van der Waals surface area contributed by atoms with Gasteiger partial charge in [-0.3, -0.25) is 9.59 Å². The van der Waals surface area contributed by atoms with Crippen molar-refractivity contribution in [1.82, 2.24) is 9.78 Å². The summed E-state index contributed by atoms with van der Waals surface area (Å²) < 4.78 is 25.9. The molecule has 0 saturated heterocycles. The number of hydrogen-bond donors (Lipinski definition) is 1. The van der Waals surface area contributed by atoms with E-state index in [1.54, 1.807) is 0 Å². The maximum Gasteiger partial charge on any atom is 0.288 e. The van der Waals surface area contributed by atoms with Crippen LogP contribution in [0, 0.1) is 0 Å². The number of anilines is 1. The molecule has 0 saturated carbocycles. The Labute approximate surface area is 158 Å². The van der Waals surface area contributed by atoms with Gasteiger partial charge in [0.1, 0.15) is 5.69 Å². The molecule has 3 aromatic rings. The van der Waals surface area contributed by atoms with E-state index < -0.39 is 11.7 Å². The van der Waals surface area contributed by atoms with Crippen LogP contribution in [0.5, 0.6) is 0 Å². The van der Waals surface area contributed by atoms with E-state index in [0.29, 0.717) is 22.3 Å². The van der Waals surface area contributed by atoms with Gasteiger partial charge in [0.2, 0.25) is 0 Å². The number of nitrogens with zero attached hydrogens (tertiary/aromatic N) is 2. The topological polar surface area (TPSA) is 64.0 Å². The second-order valence-corrected chi connectivity index (χ2v) is 6.62. The number of carbonyl (C=O) groups excluding carboxylic acids is 1. The first-order chi connectivity index (χ1) is 13.0. The van der Waals surface area contributed by atoms with Crippen molar-refractivity contribution in [2.45, 2.75) is 17.2 Å². The van der Waals surface area contributed by atoms with Crippen LogP contribution in [-0.2, 0) is 6.54 Å². The van der Waals surface area contributed by atoms with Crippen LogP contribution in [0.2, 0.25) is 0 Å². The largest absolute Gasteiger partial charge is 0.321 e. The molecule has 0 aliphatic heterocycles. The molecule has 8 heteroatoms. The lowest BCUT2D eigenvalue weighted by molar-refractivity contribution is 0.102. The van der Waals surface area contributed by atoms with Crippen molar-refractivity contribution in [3.63, 3.8) is 0 Å².